The van der Waals surface area contributed by atoms with Gasteiger partial charge in [0.2, 0.25) is 0 Å². The first-order valence-corrected chi connectivity index (χ1v) is 6.29. The first-order valence-electron chi connectivity index (χ1n) is 6.29. The van der Waals surface area contributed by atoms with Gasteiger partial charge in [0.1, 0.15) is 0 Å². The summed E-state index contributed by atoms with van der Waals surface area (Å²) in [5.74, 6) is 0. The lowest BCUT2D eigenvalue weighted by molar-refractivity contribution is 0.610. The van der Waals surface area contributed by atoms with Crippen LogP contribution >= 0.6 is 0 Å². The van der Waals surface area contributed by atoms with E-state index in [1.54, 1.807) is 0 Å². The molecule has 0 saturated carbocycles. The van der Waals surface area contributed by atoms with Crippen LogP contribution in [-0.4, -0.2) is 12.1 Å². The van der Waals surface area contributed by atoms with Crippen molar-refractivity contribution in [3.8, 4) is 0 Å². The number of fused-ring (bicyclic) bond motifs is 1. The van der Waals surface area contributed by atoms with Crippen LogP contribution in [0.1, 0.15) is 27.7 Å². The molecule has 1 radical (unpaired) electrons. The minimum Gasteiger partial charge on any atom is -0.366 e. The second kappa shape index (κ2) is 4.79. The van der Waals surface area contributed by atoms with Crippen molar-refractivity contribution in [1.82, 2.24) is 0 Å². The molecule has 89 valence electrons. The molecular weight excluding hydrogens is 206 g/mol. The fraction of sp³-hybridized carbons (Fsp3) is 0.375. The molecule has 0 spiro atoms. The van der Waals surface area contributed by atoms with Crippen LogP contribution in [0.25, 0.3) is 10.8 Å². The zero-order valence-corrected chi connectivity index (χ0v) is 11.1. The molecule has 17 heavy (non-hydrogen) atoms. The maximum Gasteiger partial charge on any atom is 0.0450 e. The summed E-state index contributed by atoms with van der Waals surface area (Å²) in [6.07, 6.45) is 0. The summed E-state index contributed by atoms with van der Waals surface area (Å²) in [5.41, 5.74) is 1.31. The lowest BCUT2D eigenvalue weighted by Gasteiger charge is -2.34. The van der Waals surface area contributed by atoms with Gasteiger partial charge in [-0.1, -0.05) is 30.3 Å². The van der Waals surface area contributed by atoms with Gasteiger partial charge in [-0.25, -0.2) is 0 Å². The van der Waals surface area contributed by atoms with Crippen molar-refractivity contribution in [2.75, 3.05) is 4.90 Å². The Bertz CT molecular complexity index is 486. The molecule has 1 nitrogen and oxygen atoms in total. The molecule has 0 amide bonds. The molecule has 0 aromatic heterocycles. The van der Waals surface area contributed by atoms with Gasteiger partial charge >= 0.3 is 0 Å². The molecular formula is C16H20N. The van der Waals surface area contributed by atoms with Gasteiger partial charge in [-0.2, -0.15) is 0 Å². The molecule has 2 rings (SSSR count). The van der Waals surface area contributed by atoms with E-state index in [0.717, 1.165) is 0 Å². The largest absolute Gasteiger partial charge is 0.366 e. The molecule has 0 aliphatic carbocycles. The Morgan fingerprint density at radius 2 is 1.59 bits per heavy atom. The summed E-state index contributed by atoms with van der Waals surface area (Å²) in [5, 5.41) is 2.48. The van der Waals surface area contributed by atoms with Crippen LogP contribution in [0.5, 0.6) is 0 Å². The van der Waals surface area contributed by atoms with Crippen LogP contribution < -0.4 is 4.90 Å². The predicted molar refractivity (Wildman–Crippen MR) is 75.5 cm³/mol. The Morgan fingerprint density at radius 3 is 2.24 bits per heavy atom. The minimum absolute atomic E-state index is 0.501. The van der Waals surface area contributed by atoms with Crippen LogP contribution in [0.3, 0.4) is 0 Å². The Morgan fingerprint density at radius 1 is 0.941 bits per heavy atom. The SMILES string of the molecule is CC(C)N(c1cc[c]c2ccccc12)C(C)C. The average Bonchev–Trinajstić information content (AvgIpc) is 2.28. The smallest absolute Gasteiger partial charge is 0.0450 e. The Hall–Kier alpha value is -1.50. The normalized spacial score (nSPS) is 11.4. The van der Waals surface area contributed by atoms with E-state index in [4.69, 9.17) is 0 Å². The van der Waals surface area contributed by atoms with Crippen molar-refractivity contribution >= 4 is 16.5 Å². The third-order valence-corrected chi connectivity index (χ3v) is 3.07. The fourth-order valence-corrected chi connectivity index (χ4v) is 2.51. The molecule has 0 atom stereocenters. The summed E-state index contributed by atoms with van der Waals surface area (Å²) < 4.78 is 0. The monoisotopic (exact) mass is 226 g/mol. The molecule has 0 unspecified atom stereocenters. The van der Waals surface area contributed by atoms with Gasteiger partial charge in [-0.05, 0) is 45.2 Å². The molecule has 1 heteroatoms. The molecule has 2 aromatic rings. The highest BCUT2D eigenvalue weighted by Crippen LogP contribution is 2.29. The molecule has 0 saturated heterocycles. The van der Waals surface area contributed by atoms with Crippen molar-refractivity contribution in [2.45, 2.75) is 39.8 Å². The predicted octanol–water partition coefficient (Wildman–Crippen LogP) is 4.26. The lowest BCUT2D eigenvalue weighted by atomic mass is 10.1. The molecule has 0 fully saturated rings. The topological polar surface area (TPSA) is 3.24 Å². The van der Waals surface area contributed by atoms with Crippen molar-refractivity contribution < 1.29 is 0 Å². The van der Waals surface area contributed by atoms with Gasteiger partial charge in [0, 0.05) is 23.2 Å². The van der Waals surface area contributed by atoms with Crippen LogP contribution in [-0.2, 0) is 0 Å². The Labute approximate surface area is 104 Å². The van der Waals surface area contributed by atoms with E-state index < -0.39 is 0 Å². The van der Waals surface area contributed by atoms with Crippen LogP contribution in [0, 0.1) is 6.07 Å². The molecule has 0 bridgehead atoms. The summed E-state index contributed by atoms with van der Waals surface area (Å²) >= 11 is 0. The van der Waals surface area contributed by atoms with Gasteiger partial charge in [0.25, 0.3) is 0 Å². The number of hydrogen-bond donors (Lipinski definition) is 0. The first-order chi connectivity index (χ1) is 8.11. The summed E-state index contributed by atoms with van der Waals surface area (Å²) in [6, 6.07) is 17.0. The van der Waals surface area contributed by atoms with E-state index in [0.29, 0.717) is 12.1 Å². The van der Waals surface area contributed by atoms with E-state index in [1.165, 1.54) is 16.5 Å². The summed E-state index contributed by atoms with van der Waals surface area (Å²) in [4.78, 5) is 2.45. The van der Waals surface area contributed by atoms with Crippen molar-refractivity contribution in [1.29, 1.82) is 0 Å². The average molecular weight is 226 g/mol. The quantitative estimate of drug-likeness (QED) is 0.755. The highest BCUT2D eigenvalue weighted by atomic mass is 15.2. The maximum atomic E-state index is 3.30. The Kier molecular flexibility index (Phi) is 3.37. The zero-order valence-electron chi connectivity index (χ0n) is 11.1. The molecule has 0 heterocycles. The van der Waals surface area contributed by atoms with Crippen LogP contribution in [0.4, 0.5) is 5.69 Å². The van der Waals surface area contributed by atoms with Crippen molar-refractivity contribution in [3.63, 3.8) is 0 Å². The van der Waals surface area contributed by atoms with Crippen LogP contribution in [0.15, 0.2) is 36.4 Å². The number of hydrogen-bond acceptors (Lipinski definition) is 1. The number of benzene rings is 2. The Balaban J connectivity index is 2.61. The highest BCUT2D eigenvalue weighted by molar-refractivity contribution is 5.94. The second-order valence-electron chi connectivity index (χ2n) is 5.00. The van der Waals surface area contributed by atoms with E-state index in [-0.39, 0.29) is 0 Å². The van der Waals surface area contributed by atoms with E-state index in [9.17, 15) is 0 Å². The van der Waals surface area contributed by atoms with Gasteiger partial charge < -0.3 is 4.90 Å². The zero-order chi connectivity index (χ0) is 12.4. The maximum absolute atomic E-state index is 3.30. The van der Waals surface area contributed by atoms with E-state index in [2.05, 4.69) is 69.0 Å². The summed E-state index contributed by atoms with van der Waals surface area (Å²) in [6.45, 7) is 8.97. The van der Waals surface area contributed by atoms with Gasteiger partial charge in [0.15, 0.2) is 0 Å². The fourth-order valence-electron chi connectivity index (χ4n) is 2.51. The second-order valence-corrected chi connectivity index (χ2v) is 5.00. The molecule has 0 aliphatic heterocycles. The lowest BCUT2D eigenvalue weighted by Crippen LogP contribution is -2.37. The van der Waals surface area contributed by atoms with Crippen molar-refractivity contribution in [2.24, 2.45) is 0 Å². The van der Waals surface area contributed by atoms with E-state index in [1.807, 2.05) is 6.07 Å². The standard InChI is InChI=1S/C16H20N/c1-12(2)17(13(3)4)16-11-7-9-14-8-5-6-10-15(14)16/h5-8,10-13H,1-4H3. The third-order valence-electron chi connectivity index (χ3n) is 3.07. The van der Waals surface area contributed by atoms with Gasteiger partial charge in [-0.3, -0.25) is 0 Å². The molecule has 2 aromatic carbocycles. The summed E-state index contributed by atoms with van der Waals surface area (Å²) in [7, 11) is 0. The first kappa shape index (κ1) is 12.0. The van der Waals surface area contributed by atoms with E-state index >= 15 is 0 Å². The number of anilines is 1. The third kappa shape index (κ3) is 2.28. The van der Waals surface area contributed by atoms with Gasteiger partial charge in [0.05, 0.1) is 0 Å². The van der Waals surface area contributed by atoms with Gasteiger partial charge in [-0.15, -0.1) is 0 Å². The highest BCUT2D eigenvalue weighted by Gasteiger charge is 2.15. The van der Waals surface area contributed by atoms with Crippen molar-refractivity contribution in [3.05, 3.63) is 42.5 Å². The molecule has 0 N–H and O–H groups in total. The number of rotatable bonds is 3. The number of nitrogens with zero attached hydrogens (tertiary/aromatic N) is 1. The molecule has 0 aliphatic rings. The van der Waals surface area contributed by atoms with Crippen LogP contribution in [0.2, 0.25) is 0 Å². The minimum atomic E-state index is 0.501.